The van der Waals surface area contributed by atoms with Gasteiger partial charge < -0.3 is 29.7 Å². The molecule has 2 atom stereocenters. The zero-order valence-electron chi connectivity index (χ0n) is 24.9. The molecule has 1 aromatic heterocycles. The molecule has 0 bridgehead atoms. The number of ether oxygens (including phenoxy) is 3. The molecule has 0 spiro atoms. The Bertz CT molecular complexity index is 1580. The number of piperidine rings is 1. The number of hydrogen-bond acceptors (Lipinski definition) is 7. The number of pyridine rings is 1. The minimum absolute atomic E-state index is 0.0452. The van der Waals surface area contributed by atoms with Crippen LogP contribution < -0.4 is 24.8 Å². The quantitative estimate of drug-likeness (QED) is 0.331. The summed E-state index contributed by atoms with van der Waals surface area (Å²) in [5.41, 5.74) is 0.763. The van der Waals surface area contributed by atoms with Crippen LogP contribution in [-0.4, -0.2) is 61.6 Å². The molecule has 2 unspecified atom stereocenters. The molecule has 44 heavy (non-hydrogen) atoms. The second kappa shape index (κ2) is 13.1. The van der Waals surface area contributed by atoms with Crippen molar-refractivity contribution in [2.45, 2.75) is 31.7 Å². The molecule has 9 nitrogen and oxygen atoms in total. The van der Waals surface area contributed by atoms with Crippen LogP contribution in [0.3, 0.4) is 0 Å². The lowest BCUT2D eigenvalue weighted by Gasteiger charge is -2.28. The predicted molar refractivity (Wildman–Crippen MR) is 166 cm³/mol. The summed E-state index contributed by atoms with van der Waals surface area (Å²) in [6.07, 6.45) is 13.6. The first kappa shape index (κ1) is 29.6. The van der Waals surface area contributed by atoms with Gasteiger partial charge in [-0.25, -0.2) is 4.39 Å². The van der Waals surface area contributed by atoms with Gasteiger partial charge in [-0.15, -0.1) is 0 Å². The number of methoxy groups -OCH3 is 1. The van der Waals surface area contributed by atoms with E-state index in [-0.39, 0.29) is 17.5 Å². The summed E-state index contributed by atoms with van der Waals surface area (Å²) in [6.45, 7) is 2.71. The molecule has 2 aromatic carbocycles. The molecule has 230 valence electrons. The Kier molecular flexibility index (Phi) is 8.79. The van der Waals surface area contributed by atoms with Crippen molar-refractivity contribution in [3.8, 4) is 23.0 Å². The Hall–Kier alpha value is -4.44. The van der Waals surface area contributed by atoms with Crippen molar-refractivity contribution in [2.75, 3.05) is 39.2 Å². The topological polar surface area (TPSA) is 102 Å². The molecule has 2 fully saturated rings. The fourth-order valence-corrected chi connectivity index (χ4v) is 6.22. The van der Waals surface area contributed by atoms with E-state index in [0.29, 0.717) is 52.5 Å². The highest BCUT2D eigenvalue weighted by Gasteiger charge is 2.33. The largest absolute Gasteiger partial charge is 0.493 e. The van der Waals surface area contributed by atoms with Crippen LogP contribution in [0, 0.1) is 23.6 Å². The van der Waals surface area contributed by atoms with Crippen molar-refractivity contribution in [3.63, 3.8) is 0 Å². The van der Waals surface area contributed by atoms with Crippen molar-refractivity contribution in [3.05, 3.63) is 72.7 Å². The molecule has 1 saturated carbocycles. The van der Waals surface area contributed by atoms with E-state index < -0.39 is 17.6 Å². The fourth-order valence-electron chi connectivity index (χ4n) is 6.22. The predicted octanol–water partition coefficient (Wildman–Crippen LogP) is 5.47. The van der Waals surface area contributed by atoms with Crippen LogP contribution in [0.4, 0.5) is 10.1 Å². The standard InChI is InChI=1S/C34H37FN4O5/c1-39-13-10-21(11-14-39)20-43-32-19-28-26(18-31(32)42-2)29(9-12-36-28)44-30-8-7-24(17-27(30)35)37-33(40)34(41)38-25-15-22-5-3-4-6-23(22)16-25/h3-9,12,17-19,21-23,25H,10-11,13-16,20H2,1-2H3,(H,37,40)(H,38,41). The number of amides is 2. The molecule has 2 heterocycles. The molecule has 0 radical (unpaired) electrons. The molecular formula is C34H37FN4O5. The Labute approximate surface area is 256 Å². The van der Waals surface area contributed by atoms with E-state index in [4.69, 9.17) is 14.2 Å². The highest BCUT2D eigenvalue weighted by Crippen LogP contribution is 2.39. The number of carbonyl (C=O) groups is 2. The summed E-state index contributed by atoms with van der Waals surface area (Å²) in [6, 6.07) is 9.17. The maximum absolute atomic E-state index is 15.1. The van der Waals surface area contributed by atoms with Gasteiger partial charge in [0.15, 0.2) is 23.1 Å². The maximum Gasteiger partial charge on any atom is 0.313 e. The highest BCUT2D eigenvalue weighted by molar-refractivity contribution is 6.39. The molecule has 3 aliphatic rings. The van der Waals surface area contributed by atoms with Gasteiger partial charge in [0.25, 0.3) is 0 Å². The Balaban J connectivity index is 1.09. The van der Waals surface area contributed by atoms with Crippen LogP contribution in [-0.2, 0) is 9.59 Å². The number of rotatable bonds is 8. The summed E-state index contributed by atoms with van der Waals surface area (Å²) >= 11 is 0. The number of carbonyl (C=O) groups excluding carboxylic acids is 2. The SMILES string of the molecule is COc1cc2c(Oc3ccc(NC(=O)C(=O)NC4CC5C=CC=CC5C4)cc3F)ccnc2cc1OCC1CCN(C)CC1. The number of benzene rings is 2. The lowest BCUT2D eigenvalue weighted by molar-refractivity contribution is -0.136. The Morgan fingerprint density at radius 1 is 0.955 bits per heavy atom. The van der Waals surface area contributed by atoms with Gasteiger partial charge in [0.05, 0.1) is 19.2 Å². The van der Waals surface area contributed by atoms with E-state index in [1.165, 1.54) is 12.1 Å². The third-order valence-electron chi connectivity index (χ3n) is 8.74. The minimum Gasteiger partial charge on any atom is -0.493 e. The van der Waals surface area contributed by atoms with E-state index >= 15 is 4.39 Å². The second-order valence-corrected chi connectivity index (χ2v) is 11.8. The summed E-state index contributed by atoms with van der Waals surface area (Å²) in [7, 11) is 3.70. The lowest BCUT2D eigenvalue weighted by Crippen LogP contribution is -2.40. The van der Waals surface area contributed by atoms with Crippen molar-refractivity contribution >= 4 is 28.4 Å². The van der Waals surface area contributed by atoms with E-state index in [2.05, 4.69) is 39.7 Å². The van der Waals surface area contributed by atoms with Crippen LogP contribution in [0.1, 0.15) is 25.7 Å². The Morgan fingerprint density at radius 3 is 2.41 bits per heavy atom. The van der Waals surface area contributed by atoms with Crippen LogP contribution in [0.2, 0.25) is 0 Å². The van der Waals surface area contributed by atoms with Gasteiger partial charge in [-0.3, -0.25) is 14.6 Å². The summed E-state index contributed by atoms with van der Waals surface area (Å²) in [5.74, 6) is 0.402. The number of fused-ring (bicyclic) bond motifs is 2. The van der Waals surface area contributed by atoms with Crippen molar-refractivity contribution in [2.24, 2.45) is 17.8 Å². The molecule has 2 aliphatic carbocycles. The first-order valence-electron chi connectivity index (χ1n) is 15.1. The molecule has 1 aliphatic heterocycles. The summed E-state index contributed by atoms with van der Waals surface area (Å²) < 4.78 is 32.9. The number of allylic oxidation sites excluding steroid dienone is 4. The van der Waals surface area contributed by atoms with E-state index in [1.54, 1.807) is 25.4 Å². The summed E-state index contributed by atoms with van der Waals surface area (Å²) in [4.78, 5) is 31.9. The smallest absolute Gasteiger partial charge is 0.313 e. The molecule has 6 rings (SSSR count). The van der Waals surface area contributed by atoms with Crippen molar-refractivity contribution in [1.29, 1.82) is 0 Å². The van der Waals surface area contributed by atoms with E-state index in [1.807, 2.05) is 18.2 Å². The van der Waals surface area contributed by atoms with Gasteiger partial charge in [0.2, 0.25) is 0 Å². The fraction of sp³-hybridized carbons (Fsp3) is 0.382. The number of aromatic nitrogens is 1. The third kappa shape index (κ3) is 6.70. The van der Waals surface area contributed by atoms with Gasteiger partial charge in [-0.2, -0.15) is 0 Å². The number of likely N-dealkylation sites (tertiary alicyclic amines) is 1. The van der Waals surface area contributed by atoms with Gasteiger partial charge in [0, 0.05) is 35.4 Å². The molecule has 2 N–H and O–H groups in total. The van der Waals surface area contributed by atoms with Crippen LogP contribution >= 0.6 is 0 Å². The zero-order chi connectivity index (χ0) is 30.6. The number of halogens is 1. The average Bonchev–Trinajstić information content (AvgIpc) is 3.44. The minimum atomic E-state index is -0.847. The van der Waals surface area contributed by atoms with Gasteiger partial charge >= 0.3 is 11.8 Å². The lowest BCUT2D eigenvalue weighted by atomic mass is 9.92. The number of anilines is 1. The van der Waals surface area contributed by atoms with Gasteiger partial charge in [-0.1, -0.05) is 24.3 Å². The molecule has 10 heteroatoms. The normalized spacial score (nSPS) is 21.6. The number of hydrogen-bond donors (Lipinski definition) is 2. The van der Waals surface area contributed by atoms with Gasteiger partial charge in [-0.05, 0) is 87.8 Å². The van der Waals surface area contributed by atoms with Crippen LogP contribution in [0.15, 0.2) is 66.9 Å². The summed E-state index contributed by atoms with van der Waals surface area (Å²) in [5, 5.41) is 5.91. The van der Waals surface area contributed by atoms with E-state index in [0.717, 1.165) is 44.8 Å². The zero-order valence-corrected chi connectivity index (χ0v) is 24.9. The average molecular weight is 601 g/mol. The maximum atomic E-state index is 15.1. The first-order valence-corrected chi connectivity index (χ1v) is 15.1. The molecule has 3 aromatic rings. The molecular weight excluding hydrogens is 563 g/mol. The highest BCUT2D eigenvalue weighted by atomic mass is 19.1. The van der Waals surface area contributed by atoms with Gasteiger partial charge in [0.1, 0.15) is 5.75 Å². The second-order valence-electron chi connectivity index (χ2n) is 11.8. The monoisotopic (exact) mass is 600 g/mol. The number of nitrogens with zero attached hydrogens (tertiary/aromatic N) is 2. The number of nitrogens with one attached hydrogen (secondary N) is 2. The molecule has 1 saturated heterocycles. The van der Waals surface area contributed by atoms with Crippen molar-refractivity contribution < 1.29 is 28.2 Å². The van der Waals surface area contributed by atoms with Crippen LogP contribution in [0.25, 0.3) is 10.9 Å². The van der Waals surface area contributed by atoms with E-state index in [9.17, 15) is 9.59 Å². The Morgan fingerprint density at radius 2 is 1.70 bits per heavy atom. The first-order chi connectivity index (χ1) is 21.4. The van der Waals surface area contributed by atoms with Crippen molar-refractivity contribution in [1.82, 2.24) is 15.2 Å². The molecule has 2 amide bonds. The van der Waals surface area contributed by atoms with Crippen LogP contribution in [0.5, 0.6) is 23.0 Å². The third-order valence-corrected chi connectivity index (χ3v) is 8.74.